The van der Waals surface area contributed by atoms with Crippen molar-refractivity contribution in [2.45, 2.75) is 20.3 Å². The summed E-state index contributed by atoms with van der Waals surface area (Å²) >= 11 is 0. The van der Waals surface area contributed by atoms with Gasteiger partial charge in [-0.2, -0.15) is 0 Å². The van der Waals surface area contributed by atoms with Crippen molar-refractivity contribution in [1.82, 2.24) is 9.88 Å². The van der Waals surface area contributed by atoms with Gasteiger partial charge in [0.05, 0.1) is 19.3 Å². The molecule has 2 aromatic carbocycles. The Hall–Kier alpha value is -3.21. The normalized spacial score (nSPS) is 15.3. The van der Waals surface area contributed by atoms with Crippen LogP contribution in [0, 0.1) is 19.8 Å². The number of hydrogen-bond donors (Lipinski definition) is 1. The number of aryl methyl sites for hydroxylation is 1. The molecule has 3 aromatic rings. The fraction of sp³-hybridized carbons (Fsp3) is 0.292. The van der Waals surface area contributed by atoms with Gasteiger partial charge in [-0.15, -0.1) is 0 Å². The molecule has 0 fully saturated rings. The van der Waals surface area contributed by atoms with Crippen molar-refractivity contribution in [3.63, 3.8) is 0 Å². The maximum atomic E-state index is 12.9. The number of methoxy groups -OCH3 is 1. The summed E-state index contributed by atoms with van der Waals surface area (Å²) in [6.45, 7) is 5.22. The standard InChI is InChI=1S/C24H26N2O3/c1-16-12-22(17(2)26(16)20-8-10-21(28-3)11-9-20)24(27)25-14-18-13-19-6-4-5-7-23(19)29-15-18/h4-12,18H,13-15H2,1-3H3,(H,25,27). The first-order chi connectivity index (χ1) is 14.1. The number of ether oxygens (including phenoxy) is 2. The van der Waals surface area contributed by atoms with E-state index in [-0.39, 0.29) is 11.8 Å². The number of rotatable bonds is 5. The van der Waals surface area contributed by atoms with E-state index in [9.17, 15) is 4.79 Å². The van der Waals surface area contributed by atoms with Crippen LogP contribution in [0.25, 0.3) is 5.69 Å². The number of fused-ring (bicyclic) bond motifs is 1. The van der Waals surface area contributed by atoms with Crippen molar-refractivity contribution in [1.29, 1.82) is 0 Å². The Morgan fingerprint density at radius 1 is 1.17 bits per heavy atom. The molecule has 1 N–H and O–H groups in total. The van der Waals surface area contributed by atoms with Crippen LogP contribution in [0.4, 0.5) is 0 Å². The Morgan fingerprint density at radius 3 is 2.69 bits per heavy atom. The van der Waals surface area contributed by atoms with Gasteiger partial charge in [-0.1, -0.05) is 18.2 Å². The van der Waals surface area contributed by atoms with Gasteiger partial charge < -0.3 is 19.4 Å². The number of hydrogen-bond acceptors (Lipinski definition) is 3. The molecule has 2 heterocycles. The van der Waals surface area contributed by atoms with Gasteiger partial charge in [0.25, 0.3) is 5.91 Å². The molecule has 1 aromatic heterocycles. The Labute approximate surface area is 171 Å². The van der Waals surface area contributed by atoms with Gasteiger partial charge in [-0.05, 0) is 62.2 Å². The second-order valence-corrected chi connectivity index (χ2v) is 7.52. The zero-order valence-corrected chi connectivity index (χ0v) is 17.1. The van der Waals surface area contributed by atoms with Crippen LogP contribution in [0.1, 0.15) is 27.3 Å². The lowest BCUT2D eigenvalue weighted by Crippen LogP contribution is -2.35. The summed E-state index contributed by atoms with van der Waals surface area (Å²) < 4.78 is 13.2. The molecule has 29 heavy (non-hydrogen) atoms. The number of carbonyl (C=O) groups excluding carboxylic acids is 1. The molecule has 1 amide bonds. The van der Waals surface area contributed by atoms with Crippen LogP contribution in [0.2, 0.25) is 0 Å². The van der Waals surface area contributed by atoms with Crippen molar-refractivity contribution in [3.8, 4) is 17.2 Å². The van der Waals surface area contributed by atoms with E-state index in [1.807, 2.05) is 62.4 Å². The van der Waals surface area contributed by atoms with Crippen molar-refractivity contribution >= 4 is 5.91 Å². The molecule has 1 aliphatic rings. The van der Waals surface area contributed by atoms with Crippen molar-refractivity contribution in [2.24, 2.45) is 5.92 Å². The number of nitrogens with zero attached hydrogens (tertiary/aromatic N) is 1. The molecule has 5 heteroatoms. The molecule has 0 spiro atoms. The minimum atomic E-state index is -0.0447. The summed E-state index contributed by atoms with van der Waals surface area (Å²) in [5.41, 5.74) is 4.87. The maximum absolute atomic E-state index is 12.9. The zero-order valence-electron chi connectivity index (χ0n) is 17.1. The van der Waals surface area contributed by atoms with Crippen LogP contribution >= 0.6 is 0 Å². The molecular weight excluding hydrogens is 364 g/mol. The quantitative estimate of drug-likeness (QED) is 0.714. The molecule has 4 rings (SSSR count). The first kappa shape index (κ1) is 19.1. The highest BCUT2D eigenvalue weighted by molar-refractivity contribution is 5.95. The summed E-state index contributed by atoms with van der Waals surface area (Å²) in [6, 6.07) is 17.9. The first-order valence-corrected chi connectivity index (χ1v) is 9.89. The van der Waals surface area contributed by atoms with Crippen molar-refractivity contribution < 1.29 is 14.3 Å². The third-order valence-corrected chi connectivity index (χ3v) is 5.51. The molecule has 1 unspecified atom stereocenters. The van der Waals surface area contributed by atoms with Gasteiger partial charge in [-0.3, -0.25) is 4.79 Å². The topological polar surface area (TPSA) is 52.5 Å². The van der Waals surface area contributed by atoms with Crippen LogP contribution in [0.15, 0.2) is 54.6 Å². The highest BCUT2D eigenvalue weighted by atomic mass is 16.5. The molecule has 1 atom stereocenters. The average molecular weight is 390 g/mol. The number of nitrogens with one attached hydrogen (secondary N) is 1. The lowest BCUT2D eigenvalue weighted by Gasteiger charge is -2.25. The highest BCUT2D eigenvalue weighted by Gasteiger charge is 2.22. The number of amides is 1. The molecule has 0 radical (unpaired) electrons. The van der Waals surface area contributed by atoms with Gasteiger partial charge in [0, 0.05) is 29.5 Å². The number of carbonyl (C=O) groups is 1. The zero-order chi connectivity index (χ0) is 20.4. The van der Waals surface area contributed by atoms with Gasteiger partial charge in [0.1, 0.15) is 11.5 Å². The number of benzene rings is 2. The van der Waals surface area contributed by atoms with E-state index < -0.39 is 0 Å². The molecule has 0 saturated heterocycles. The smallest absolute Gasteiger partial charge is 0.253 e. The van der Waals surface area contributed by atoms with Crippen LogP contribution in [0.3, 0.4) is 0 Å². The van der Waals surface area contributed by atoms with E-state index >= 15 is 0 Å². The molecule has 0 saturated carbocycles. The van der Waals surface area contributed by atoms with E-state index in [0.29, 0.717) is 18.7 Å². The fourth-order valence-electron chi connectivity index (χ4n) is 3.98. The minimum Gasteiger partial charge on any atom is -0.497 e. The van der Waals surface area contributed by atoms with E-state index in [1.165, 1.54) is 5.56 Å². The Kier molecular flexibility index (Phi) is 5.30. The fourth-order valence-corrected chi connectivity index (χ4v) is 3.98. The van der Waals surface area contributed by atoms with Crippen LogP contribution in [-0.4, -0.2) is 30.7 Å². The van der Waals surface area contributed by atoms with Crippen molar-refractivity contribution in [3.05, 3.63) is 77.1 Å². The lowest BCUT2D eigenvalue weighted by atomic mass is 9.96. The number of para-hydroxylation sites is 1. The Morgan fingerprint density at radius 2 is 1.93 bits per heavy atom. The molecule has 150 valence electrons. The van der Waals surface area contributed by atoms with Gasteiger partial charge in [0.15, 0.2) is 0 Å². The van der Waals surface area contributed by atoms with E-state index in [4.69, 9.17) is 9.47 Å². The maximum Gasteiger partial charge on any atom is 0.253 e. The van der Waals surface area contributed by atoms with Crippen molar-refractivity contribution in [2.75, 3.05) is 20.3 Å². The van der Waals surface area contributed by atoms with E-state index in [0.717, 1.165) is 35.0 Å². The molecular formula is C24H26N2O3. The van der Waals surface area contributed by atoms with E-state index in [1.54, 1.807) is 7.11 Å². The van der Waals surface area contributed by atoms with Gasteiger partial charge in [-0.25, -0.2) is 0 Å². The monoisotopic (exact) mass is 390 g/mol. The SMILES string of the molecule is COc1ccc(-n2c(C)cc(C(=O)NCC3COc4ccccc4C3)c2C)cc1. The second kappa shape index (κ2) is 8.03. The summed E-state index contributed by atoms with van der Waals surface area (Å²) in [7, 11) is 1.65. The summed E-state index contributed by atoms with van der Waals surface area (Å²) in [6.07, 6.45) is 0.918. The lowest BCUT2D eigenvalue weighted by molar-refractivity contribution is 0.0938. The van der Waals surface area contributed by atoms with Gasteiger partial charge in [0.2, 0.25) is 0 Å². The molecule has 0 bridgehead atoms. The Bertz CT molecular complexity index is 1020. The largest absolute Gasteiger partial charge is 0.497 e. The molecule has 5 nitrogen and oxygen atoms in total. The Balaban J connectivity index is 1.45. The second-order valence-electron chi connectivity index (χ2n) is 7.52. The van der Waals surface area contributed by atoms with E-state index in [2.05, 4.69) is 16.0 Å². The average Bonchev–Trinajstić information content (AvgIpc) is 3.06. The first-order valence-electron chi connectivity index (χ1n) is 9.89. The third-order valence-electron chi connectivity index (χ3n) is 5.51. The summed E-state index contributed by atoms with van der Waals surface area (Å²) in [5.74, 6) is 2.00. The summed E-state index contributed by atoms with van der Waals surface area (Å²) in [4.78, 5) is 12.9. The predicted molar refractivity (Wildman–Crippen MR) is 113 cm³/mol. The van der Waals surface area contributed by atoms with Crippen LogP contribution < -0.4 is 14.8 Å². The van der Waals surface area contributed by atoms with Crippen LogP contribution in [0.5, 0.6) is 11.5 Å². The molecule has 1 aliphatic heterocycles. The predicted octanol–water partition coefficient (Wildman–Crippen LogP) is 4.08. The summed E-state index contributed by atoms with van der Waals surface area (Å²) in [5, 5.41) is 3.10. The molecule has 0 aliphatic carbocycles. The number of aromatic nitrogens is 1. The van der Waals surface area contributed by atoms with Gasteiger partial charge >= 0.3 is 0 Å². The highest BCUT2D eigenvalue weighted by Crippen LogP contribution is 2.27. The van der Waals surface area contributed by atoms with Crippen LogP contribution in [-0.2, 0) is 6.42 Å². The minimum absolute atomic E-state index is 0.0447. The third kappa shape index (κ3) is 3.86.